The SMILES string of the molecule is Cc1cccnc1C(O)c1cc2cccc(Cl)c2o1. The number of aryl methyl sites for hydroxylation is 1. The van der Waals surface area contributed by atoms with Gasteiger partial charge in [-0.2, -0.15) is 0 Å². The molecule has 1 unspecified atom stereocenters. The number of benzene rings is 1. The molecule has 0 amide bonds. The van der Waals surface area contributed by atoms with Gasteiger partial charge in [-0.05, 0) is 30.7 Å². The van der Waals surface area contributed by atoms with Crippen molar-refractivity contribution < 1.29 is 9.52 Å². The Kier molecular flexibility index (Phi) is 3.01. The summed E-state index contributed by atoms with van der Waals surface area (Å²) in [7, 11) is 0. The smallest absolute Gasteiger partial charge is 0.154 e. The Hall–Kier alpha value is -1.84. The molecule has 1 atom stereocenters. The number of hydrogen-bond donors (Lipinski definition) is 1. The molecule has 3 nitrogen and oxygen atoms in total. The average molecular weight is 274 g/mol. The minimum Gasteiger partial charge on any atom is -0.456 e. The minimum atomic E-state index is -0.885. The maximum absolute atomic E-state index is 10.4. The number of furan rings is 1. The topological polar surface area (TPSA) is 46.3 Å². The van der Waals surface area contributed by atoms with Crippen LogP contribution in [0.5, 0.6) is 0 Å². The molecule has 0 saturated carbocycles. The molecule has 0 aliphatic rings. The second-order valence-electron chi connectivity index (χ2n) is 4.42. The van der Waals surface area contributed by atoms with Crippen molar-refractivity contribution in [2.75, 3.05) is 0 Å². The highest BCUT2D eigenvalue weighted by molar-refractivity contribution is 6.34. The number of aliphatic hydroxyl groups is 1. The van der Waals surface area contributed by atoms with Gasteiger partial charge in [-0.25, -0.2) is 0 Å². The van der Waals surface area contributed by atoms with Crippen LogP contribution < -0.4 is 0 Å². The fraction of sp³-hybridized carbons (Fsp3) is 0.133. The molecule has 3 rings (SSSR count). The van der Waals surface area contributed by atoms with Crippen LogP contribution in [0.2, 0.25) is 5.02 Å². The maximum atomic E-state index is 10.4. The van der Waals surface area contributed by atoms with Gasteiger partial charge in [-0.1, -0.05) is 29.8 Å². The zero-order valence-corrected chi connectivity index (χ0v) is 11.1. The number of aliphatic hydroxyl groups excluding tert-OH is 1. The summed E-state index contributed by atoms with van der Waals surface area (Å²) in [5, 5.41) is 11.8. The van der Waals surface area contributed by atoms with Gasteiger partial charge in [0.25, 0.3) is 0 Å². The monoisotopic (exact) mass is 273 g/mol. The number of rotatable bonds is 2. The van der Waals surface area contributed by atoms with Crippen LogP contribution in [0.4, 0.5) is 0 Å². The van der Waals surface area contributed by atoms with Crippen molar-refractivity contribution in [2.24, 2.45) is 0 Å². The van der Waals surface area contributed by atoms with Gasteiger partial charge in [-0.3, -0.25) is 4.98 Å². The summed E-state index contributed by atoms with van der Waals surface area (Å²) in [6.45, 7) is 1.90. The van der Waals surface area contributed by atoms with Gasteiger partial charge in [0.2, 0.25) is 0 Å². The van der Waals surface area contributed by atoms with Crippen molar-refractivity contribution in [3.63, 3.8) is 0 Å². The molecule has 96 valence electrons. The van der Waals surface area contributed by atoms with Crippen molar-refractivity contribution in [1.82, 2.24) is 4.98 Å². The summed E-state index contributed by atoms with van der Waals surface area (Å²) in [5.74, 6) is 0.449. The molecule has 0 aliphatic heterocycles. The highest BCUT2D eigenvalue weighted by Gasteiger charge is 2.19. The lowest BCUT2D eigenvalue weighted by atomic mass is 10.1. The van der Waals surface area contributed by atoms with E-state index in [0.717, 1.165) is 10.9 Å². The van der Waals surface area contributed by atoms with Crippen LogP contribution in [-0.2, 0) is 0 Å². The van der Waals surface area contributed by atoms with E-state index >= 15 is 0 Å². The Morgan fingerprint density at radius 3 is 2.84 bits per heavy atom. The fourth-order valence-electron chi connectivity index (χ4n) is 2.10. The van der Waals surface area contributed by atoms with Gasteiger partial charge in [0.1, 0.15) is 5.76 Å². The summed E-state index contributed by atoms with van der Waals surface area (Å²) in [6, 6.07) is 11.0. The first-order valence-electron chi connectivity index (χ1n) is 5.94. The number of para-hydroxylation sites is 1. The maximum Gasteiger partial charge on any atom is 0.154 e. The van der Waals surface area contributed by atoms with Crippen molar-refractivity contribution in [3.05, 3.63) is 64.6 Å². The van der Waals surface area contributed by atoms with E-state index < -0.39 is 6.10 Å². The highest BCUT2D eigenvalue weighted by Crippen LogP contribution is 2.31. The largest absolute Gasteiger partial charge is 0.456 e. The van der Waals surface area contributed by atoms with Crippen LogP contribution >= 0.6 is 11.6 Å². The lowest BCUT2D eigenvalue weighted by Gasteiger charge is -2.09. The van der Waals surface area contributed by atoms with E-state index in [2.05, 4.69) is 4.98 Å². The molecule has 0 aliphatic carbocycles. The summed E-state index contributed by atoms with van der Waals surface area (Å²) in [4.78, 5) is 4.20. The van der Waals surface area contributed by atoms with E-state index in [1.54, 1.807) is 18.3 Å². The standard InChI is InChI=1S/C15H12ClNO2/c1-9-4-3-7-17-13(9)14(18)12-8-10-5-2-6-11(16)15(10)19-12/h2-8,14,18H,1H3. The van der Waals surface area contributed by atoms with Gasteiger partial charge in [0.05, 0.1) is 10.7 Å². The molecule has 1 aromatic carbocycles. The van der Waals surface area contributed by atoms with Gasteiger partial charge in [-0.15, -0.1) is 0 Å². The average Bonchev–Trinajstić information content (AvgIpc) is 2.84. The summed E-state index contributed by atoms with van der Waals surface area (Å²) in [6.07, 6.45) is 0.769. The molecular weight excluding hydrogens is 262 g/mol. The molecule has 0 spiro atoms. The Bertz CT molecular complexity index is 736. The van der Waals surface area contributed by atoms with Crippen molar-refractivity contribution in [2.45, 2.75) is 13.0 Å². The van der Waals surface area contributed by atoms with E-state index in [9.17, 15) is 5.11 Å². The lowest BCUT2D eigenvalue weighted by Crippen LogP contribution is -2.03. The molecule has 2 aromatic heterocycles. The molecule has 3 aromatic rings. The predicted octanol–water partition coefficient (Wildman–Crippen LogP) is 3.87. The van der Waals surface area contributed by atoms with Crippen molar-refractivity contribution in [3.8, 4) is 0 Å². The first kappa shape index (κ1) is 12.2. The lowest BCUT2D eigenvalue weighted by molar-refractivity contribution is 0.187. The predicted molar refractivity (Wildman–Crippen MR) is 74.3 cm³/mol. The number of nitrogens with zero attached hydrogens (tertiary/aromatic N) is 1. The van der Waals surface area contributed by atoms with Gasteiger partial charge >= 0.3 is 0 Å². The fourth-order valence-corrected chi connectivity index (χ4v) is 2.32. The zero-order valence-electron chi connectivity index (χ0n) is 10.3. The van der Waals surface area contributed by atoms with Crippen LogP contribution in [0.3, 0.4) is 0 Å². The van der Waals surface area contributed by atoms with Crippen LogP contribution in [0.25, 0.3) is 11.0 Å². The number of pyridine rings is 1. The molecule has 0 bridgehead atoms. The minimum absolute atomic E-state index is 0.449. The quantitative estimate of drug-likeness (QED) is 0.771. The molecule has 0 saturated heterocycles. The van der Waals surface area contributed by atoms with Crippen LogP contribution in [0.1, 0.15) is 23.1 Å². The van der Waals surface area contributed by atoms with Crippen LogP contribution in [-0.4, -0.2) is 10.1 Å². The molecule has 0 fully saturated rings. The Morgan fingerprint density at radius 1 is 1.26 bits per heavy atom. The number of fused-ring (bicyclic) bond motifs is 1. The van der Waals surface area contributed by atoms with Gasteiger partial charge < -0.3 is 9.52 Å². The molecule has 2 heterocycles. The third-order valence-corrected chi connectivity index (χ3v) is 3.39. The van der Waals surface area contributed by atoms with E-state index in [0.29, 0.717) is 22.1 Å². The van der Waals surface area contributed by atoms with Crippen molar-refractivity contribution in [1.29, 1.82) is 0 Å². The first-order chi connectivity index (χ1) is 9.16. The Morgan fingerprint density at radius 2 is 2.11 bits per heavy atom. The molecule has 0 radical (unpaired) electrons. The van der Waals surface area contributed by atoms with Crippen LogP contribution in [0.15, 0.2) is 47.0 Å². The number of hydrogen-bond acceptors (Lipinski definition) is 3. The third-order valence-electron chi connectivity index (χ3n) is 3.09. The summed E-state index contributed by atoms with van der Waals surface area (Å²) >= 11 is 6.06. The summed E-state index contributed by atoms with van der Waals surface area (Å²) in [5.41, 5.74) is 2.10. The third kappa shape index (κ3) is 2.11. The Balaban J connectivity index is 2.10. The van der Waals surface area contributed by atoms with Gasteiger partial charge in [0, 0.05) is 11.6 Å². The molecule has 19 heavy (non-hydrogen) atoms. The van der Waals surface area contributed by atoms with Gasteiger partial charge in [0.15, 0.2) is 11.7 Å². The van der Waals surface area contributed by atoms with E-state index in [-0.39, 0.29) is 0 Å². The highest BCUT2D eigenvalue weighted by atomic mass is 35.5. The number of halogens is 1. The van der Waals surface area contributed by atoms with Crippen molar-refractivity contribution >= 4 is 22.6 Å². The summed E-state index contributed by atoms with van der Waals surface area (Å²) < 4.78 is 5.65. The van der Waals surface area contributed by atoms with E-state index in [4.69, 9.17) is 16.0 Å². The van der Waals surface area contributed by atoms with Crippen LogP contribution in [0, 0.1) is 6.92 Å². The molecular formula is C15H12ClNO2. The second kappa shape index (κ2) is 4.68. The zero-order chi connectivity index (χ0) is 13.4. The number of aromatic nitrogens is 1. The van der Waals surface area contributed by atoms with E-state index in [1.165, 1.54) is 0 Å². The second-order valence-corrected chi connectivity index (χ2v) is 4.82. The van der Waals surface area contributed by atoms with E-state index in [1.807, 2.05) is 31.2 Å². The normalized spacial score (nSPS) is 12.8. The first-order valence-corrected chi connectivity index (χ1v) is 6.32. The Labute approximate surface area is 115 Å². The molecule has 1 N–H and O–H groups in total. The molecule has 4 heteroatoms.